The summed E-state index contributed by atoms with van der Waals surface area (Å²) in [7, 11) is 0. The number of amides is 1. The Hall–Kier alpha value is -4.46. The van der Waals surface area contributed by atoms with E-state index >= 15 is 0 Å². The zero-order chi connectivity index (χ0) is 31.1. The maximum Gasteiger partial charge on any atom is 0.339 e. The van der Waals surface area contributed by atoms with Crippen LogP contribution >= 0.6 is 0 Å². The molecule has 0 radical (unpaired) electrons. The van der Waals surface area contributed by atoms with Gasteiger partial charge in [0.2, 0.25) is 5.91 Å². The van der Waals surface area contributed by atoms with Crippen LogP contribution in [0.5, 0.6) is 5.75 Å². The lowest BCUT2D eigenvalue weighted by Crippen LogP contribution is -2.38. The van der Waals surface area contributed by atoms with Crippen LogP contribution in [0, 0.1) is 5.92 Å². The van der Waals surface area contributed by atoms with Gasteiger partial charge in [0.1, 0.15) is 17.4 Å². The highest BCUT2D eigenvalue weighted by Gasteiger charge is 2.35. The molecule has 8 nitrogen and oxygen atoms in total. The van der Waals surface area contributed by atoms with Crippen LogP contribution < -0.4 is 4.74 Å². The maximum atomic E-state index is 12.6. The molecule has 3 heterocycles. The van der Waals surface area contributed by atoms with E-state index in [0.29, 0.717) is 35.7 Å². The van der Waals surface area contributed by atoms with Gasteiger partial charge in [0.05, 0.1) is 17.6 Å². The molecule has 3 aliphatic rings. The quantitative estimate of drug-likeness (QED) is 0.222. The lowest BCUT2D eigenvalue weighted by molar-refractivity contribution is -0.133. The van der Waals surface area contributed by atoms with Crippen molar-refractivity contribution in [3.63, 3.8) is 0 Å². The van der Waals surface area contributed by atoms with Crippen molar-refractivity contribution in [2.75, 3.05) is 13.1 Å². The van der Waals surface area contributed by atoms with Gasteiger partial charge in [-0.3, -0.25) is 4.79 Å². The predicted octanol–water partition coefficient (Wildman–Crippen LogP) is 6.94. The van der Waals surface area contributed by atoms with Crippen molar-refractivity contribution < 1.29 is 19.4 Å². The standard InChI is InChI=1S/C37H40N4O4/c1-3-23-21-27(14-15-28(23)24-17-19-40(20-18-24)36(42)26-11-12-26)45-33-16-13-25-7-5-8-29(35(25)33)31-9-6-10-34(39-31)41-32(4-2)30(22-38-41)37(43)44/h5-10,14-15,21-22,24,26,33H,3-4,11-13,16-20H2,1-2H3,(H,43,44). The third kappa shape index (κ3) is 5.62. The summed E-state index contributed by atoms with van der Waals surface area (Å²) in [6, 6.07) is 18.8. The monoisotopic (exact) mass is 604 g/mol. The minimum Gasteiger partial charge on any atom is -0.486 e. The Kier molecular flexibility index (Phi) is 7.90. The Morgan fingerprint density at radius 1 is 0.956 bits per heavy atom. The van der Waals surface area contributed by atoms with E-state index in [0.717, 1.165) is 75.0 Å². The second-order valence-corrected chi connectivity index (χ2v) is 12.6. The number of carbonyl (C=O) groups excluding carboxylic acids is 1. The summed E-state index contributed by atoms with van der Waals surface area (Å²) in [4.78, 5) is 31.3. The van der Waals surface area contributed by atoms with Crippen molar-refractivity contribution in [1.82, 2.24) is 19.7 Å². The van der Waals surface area contributed by atoms with E-state index in [-0.39, 0.29) is 11.7 Å². The van der Waals surface area contributed by atoms with Crippen LogP contribution in [-0.2, 0) is 24.1 Å². The topological polar surface area (TPSA) is 97.6 Å². The minimum absolute atomic E-state index is 0.0941. The van der Waals surface area contributed by atoms with Crippen LogP contribution in [0.3, 0.4) is 0 Å². The van der Waals surface area contributed by atoms with Crippen molar-refractivity contribution in [1.29, 1.82) is 0 Å². The molecule has 1 unspecified atom stereocenters. The van der Waals surface area contributed by atoms with Crippen LogP contribution in [0.1, 0.15) is 96.3 Å². The Labute approximate surface area is 264 Å². The molecule has 0 bridgehead atoms. The molecule has 0 spiro atoms. The minimum atomic E-state index is -0.986. The number of rotatable bonds is 9. The lowest BCUT2D eigenvalue weighted by Gasteiger charge is -2.33. The zero-order valence-corrected chi connectivity index (χ0v) is 26.0. The first kappa shape index (κ1) is 29.3. The first-order valence-corrected chi connectivity index (χ1v) is 16.4. The number of carboxylic acids is 1. The van der Waals surface area contributed by atoms with E-state index in [1.165, 1.54) is 28.5 Å². The highest BCUT2D eigenvalue weighted by atomic mass is 16.5. The number of piperidine rings is 1. The van der Waals surface area contributed by atoms with Crippen LogP contribution in [0.25, 0.3) is 17.1 Å². The van der Waals surface area contributed by atoms with E-state index < -0.39 is 5.97 Å². The normalized spacial score (nSPS) is 18.2. The van der Waals surface area contributed by atoms with Gasteiger partial charge in [0.15, 0.2) is 5.82 Å². The third-order valence-electron chi connectivity index (χ3n) is 9.80. The molecule has 2 aromatic carbocycles. The fourth-order valence-corrected chi connectivity index (χ4v) is 7.29. The lowest BCUT2D eigenvalue weighted by atomic mass is 9.85. The number of aryl methyl sites for hydroxylation is 2. The summed E-state index contributed by atoms with van der Waals surface area (Å²) >= 11 is 0. The second-order valence-electron chi connectivity index (χ2n) is 12.6. The van der Waals surface area contributed by atoms with E-state index in [4.69, 9.17) is 9.72 Å². The molecular weight excluding hydrogens is 564 g/mol. The number of benzene rings is 2. The van der Waals surface area contributed by atoms with Gasteiger partial charge in [-0.2, -0.15) is 5.10 Å². The van der Waals surface area contributed by atoms with Gasteiger partial charge in [-0.15, -0.1) is 0 Å². The van der Waals surface area contributed by atoms with Crippen LogP contribution in [0.15, 0.2) is 60.8 Å². The van der Waals surface area contributed by atoms with Crippen molar-refractivity contribution in [2.45, 2.75) is 77.2 Å². The first-order valence-electron chi connectivity index (χ1n) is 16.4. The molecular formula is C37H40N4O4. The molecule has 2 fully saturated rings. The molecule has 1 saturated carbocycles. The molecule has 45 heavy (non-hydrogen) atoms. The molecule has 232 valence electrons. The van der Waals surface area contributed by atoms with Gasteiger partial charge in [-0.25, -0.2) is 14.5 Å². The highest BCUT2D eigenvalue weighted by Crippen LogP contribution is 2.42. The summed E-state index contributed by atoms with van der Waals surface area (Å²) in [5.74, 6) is 1.63. The van der Waals surface area contributed by atoms with Crippen LogP contribution in [0.4, 0.5) is 0 Å². The first-order chi connectivity index (χ1) is 21.9. The van der Waals surface area contributed by atoms with E-state index in [1.807, 2.05) is 25.1 Å². The largest absolute Gasteiger partial charge is 0.486 e. The number of pyridine rings is 1. The van der Waals surface area contributed by atoms with E-state index in [9.17, 15) is 14.7 Å². The van der Waals surface area contributed by atoms with Crippen molar-refractivity contribution in [3.05, 3.63) is 94.3 Å². The molecule has 2 aromatic heterocycles. The highest BCUT2D eigenvalue weighted by molar-refractivity contribution is 5.88. The molecule has 1 N–H and O–H groups in total. The van der Waals surface area contributed by atoms with Crippen LogP contribution in [-0.4, -0.2) is 49.7 Å². The van der Waals surface area contributed by atoms with Crippen LogP contribution in [0.2, 0.25) is 0 Å². The fourth-order valence-electron chi connectivity index (χ4n) is 7.29. The third-order valence-corrected chi connectivity index (χ3v) is 9.80. The second kappa shape index (κ2) is 12.1. The van der Waals surface area contributed by atoms with Gasteiger partial charge >= 0.3 is 5.97 Å². The molecule has 4 aromatic rings. The number of likely N-dealkylation sites (tertiary alicyclic amines) is 1. The number of ether oxygens (including phenoxy) is 1. The number of hydrogen-bond donors (Lipinski definition) is 1. The smallest absolute Gasteiger partial charge is 0.339 e. The number of nitrogens with zero attached hydrogens (tertiary/aromatic N) is 4. The summed E-state index contributed by atoms with van der Waals surface area (Å²) in [5, 5.41) is 14.0. The van der Waals surface area contributed by atoms with Gasteiger partial charge < -0.3 is 14.7 Å². The number of hydrogen-bond acceptors (Lipinski definition) is 5. The van der Waals surface area contributed by atoms with Gasteiger partial charge in [0.25, 0.3) is 0 Å². The van der Waals surface area contributed by atoms with Gasteiger partial charge in [0, 0.05) is 30.1 Å². The summed E-state index contributed by atoms with van der Waals surface area (Å²) in [6.45, 7) is 5.85. The molecule has 1 atom stereocenters. The number of aromatic carboxylic acids is 1. The van der Waals surface area contributed by atoms with Gasteiger partial charge in [-0.1, -0.05) is 44.2 Å². The summed E-state index contributed by atoms with van der Waals surface area (Å²) in [6.07, 6.45) is 8.77. The van der Waals surface area contributed by atoms with Crippen molar-refractivity contribution >= 4 is 11.9 Å². The number of carboxylic acid groups (broad SMARTS) is 1. The molecule has 1 aliphatic heterocycles. The summed E-state index contributed by atoms with van der Waals surface area (Å²) < 4.78 is 8.38. The predicted molar refractivity (Wildman–Crippen MR) is 172 cm³/mol. The van der Waals surface area contributed by atoms with Gasteiger partial charge in [-0.05, 0) is 98.2 Å². The average Bonchev–Trinajstić information content (AvgIpc) is 3.70. The number of fused-ring (bicyclic) bond motifs is 1. The molecule has 2 aliphatic carbocycles. The molecule has 8 heteroatoms. The maximum absolute atomic E-state index is 12.6. The Morgan fingerprint density at radius 2 is 1.76 bits per heavy atom. The van der Waals surface area contributed by atoms with E-state index in [1.54, 1.807) is 4.68 Å². The fraction of sp³-hybridized carbons (Fsp3) is 0.405. The summed E-state index contributed by atoms with van der Waals surface area (Å²) in [5.41, 5.74) is 7.82. The zero-order valence-electron chi connectivity index (χ0n) is 26.0. The Bertz CT molecular complexity index is 1750. The number of aromatic nitrogens is 3. The Balaban J connectivity index is 1.12. The van der Waals surface area contributed by atoms with E-state index in [2.05, 4.69) is 53.3 Å². The van der Waals surface area contributed by atoms with Crippen molar-refractivity contribution in [3.8, 4) is 22.8 Å². The molecule has 1 saturated heterocycles. The van der Waals surface area contributed by atoms with Crippen molar-refractivity contribution in [2.24, 2.45) is 5.92 Å². The Morgan fingerprint density at radius 3 is 2.49 bits per heavy atom. The average molecular weight is 605 g/mol. The molecule has 7 rings (SSSR count). The molecule has 1 amide bonds. The SMILES string of the molecule is CCc1cc(OC2CCc3cccc(-c4cccc(-n5ncc(C(=O)O)c5CC)n4)c32)ccc1C1CCN(C(=O)C2CC2)CC1. The number of carbonyl (C=O) groups is 2.